The van der Waals surface area contributed by atoms with Crippen molar-refractivity contribution in [2.24, 2.45) is 0 Å². The molecule has 8 heteroatoms. The van der Waals surface area contributed by atoms with Crippen LogP contribution in [0, 0.1) is 6.92 Å². The zero-order chi connectivity index (χ0) is 16.7. The molecule has 0 radical (unpaired) electrons. The summed E-state index contributed by atoms with van der Waals surface area (Å²) in [6.45, 7) is 6.24. The third-order valence-electron chi connectivity index (χ3n) is 3.61. The van der Waals surface area contributed by atoms with Crippen LogP contribution in [0.3, 0.4) is 0 Å². The Morgan fingerprint density at radius 1 is 1.35 bits per heavy atom. The summed E-state index contributed by atoms with van der Waals surface area (Å²) >= 11 is 4.24. The zero-order valence-corrected chi connectivity index (χ0v) is 14.1. The Morgan fingerprint density at radius 2 is 2.09 bits per heavy atom. The first-order chi connectivity index (χ1) is 10.9. The van der Waals surface area contributed by atoms with Gasteiger partial charge in [0.05, 0.1) is 6.54 Å². The molecule has 3 aromatic rings. The van der Waals surface area contributed by atoms with E-state index in [2.05, 4.69) is 27.8 Å². The minimum atomic E-state index is -0.292. The van der Waals surface area contributed by atoms with Gasteiger partial charge in [-0.1, -0.05) is 26.7 Å². The molecule has 3 rings (SSSR count). The highest BCUT2D eigenvalue weighted by Crippen LogP contribution is 2.21. The smallest absolute Gasteiger partial charge is 0.340 e. The van der Waals surface area contributed by atoms with Crippen LogP contribution in [-0.4, -0.2) is 23.5 Å². The van der Waals surface area contributed by atoms with Gasteiger partial charge in [-0.25, -0.2) is 18.7 Å². The van der Waals surface area contributed by atoms with E-state index in [4.69, 9.17) is 5.73 Å². The lowest BCUT2D eigenvalue weighted by Crippen LogP contribution is -2.21. The molecule has 7 nitrogen and oxygen atoms in total. The fourth-order valence-corrected chi connectivity index (χ4v) is 2.76. The maximum absolute atomic E-state index is 12.5. The van der Waals surface area contributed by atoms with Crippen LogP contribution in [0.15, 0.2) is 23.1 Å². The van der Waals surface area contributed by atoms with E-state index >= 15 is 0 Å². The van der Waals surface area contributed by atoms with Gasteiger partial charge in [0.25, 0.3) is 0 Å². The summed E-state index contributed by atoms with van der Waals surface area (Å²) < 4.78 is 2.75. The number of aromatic nitrogens is 5. The summed E-state index contributed by atoms with van der Waals surface area (Å²) in [6, 6.07) is 3.80. The maximum atomic E-state index is 12.5. The number of nitrogen functional groups attached to an aromatic ring is 1. The molecule has 0 aliphatic heterocycles. The number of anilines is 1. The van der Waals surface area contributed by atoms with E-state index in [1.54, 1.807) is 10.8 Å². The molecule has 2 N–H and O–H groups in total. The largest absolute Gasteiger partial charge is 0.382 e. The van der Waals surface area contributed by atoms with Gasteiger partial charge in [0, 0.05) is 17.8 Å². The molecular formula is C15H18N6OS. The lowest BCUT2D eigenvalue weighted by Gasteiger charge is -2.07. The average molecular weight is 330 g/mol. The Labute approximate surface area is 138 Å². The monoisotopic (exact) mass is 330 g/mol. The van der Waals surface area contributed by atoms with Crippen molar-refractivity contribution in [3.63, 3.8) is 0 Å². The zero-order valence-electron chi connectivity index (χ0n) is 13.2. The number of nitrogens with two attached hydrogens (primary N) is 1. The molecule has 0 aromatic carbocycles. The van der Waals surface area contributed by atoms with Crippen molar-refractivity contribution < 1.29 is 0 Å². The van der Waals surface area contributed by atoms with Crippen molar-refractivity contribution in [2.45, 2.75) is 33.2 Å². The molecule has 0 aliphatic carbocycles. The summed E-state index contributed by atoms with van der Waals surface area (Å²) in [5.74, 6) is 0.973. The van der Waals surface area contributed by atoms with Crippen LogP contribution in [-0.2, 0) is 6.54 Å². The lowest BCUT2D eigenvalue weighted by molar-refractivity contribution is 0.748. The Kier molecular flexibility index (Phi) is 3.85. The summed E-state index contributed by atoms with van der Waals surface area (Å²) in [6.07, 6.45) is 1.72. The Morgan fingerprint density at radius 3 is 2.74 bits per heavy atom. The first-order valence-corrected chi connectivity index (χ1v) is 7.68. The molecular weight excluding hydrogens is 312 g/mol. The number of aryl methyl sites for hydroxylation is 1. The van der Waals surface area contributed by atoms with Crippen molar-refractivity contribution in [2.75, 3.05) is 5.73 Å². The van der Waals surface area contributed by atoms with E-state index in [-0.39, 0.29) is 17.4 Å². The van der Waals surface area contributed by atoms with E-state index in [9.17, 15) is 4.79 Å². The molecule has 23 heavy (non-hydrogen) atoms. The van der Waals surface area contributed by atoms with E-state index in [0.29, 0.717) is 23.5 Å². The van der Waals surface area contributed by atoms with Gasteiger partial charge in [0.1, 0.15) is 11.3 Å². The van der Waals surface area contributed by atoms with Crippen molar-refractivity contribution in [1.29, 1.82) is 0 Å². The number of pyridine rings is 1. The number of hydrogen-bond acceptors (Lipinski definition) is 6. The SMILES string of the molecule is Cc1cc(Cn2c(=O)n(S)c3c(N)nc(C(C)C)nc32)ccn1. The van der Waals surface area contributed by atoms with Crippen molar-refractivity contribution >= 4 is 29.8 Å². The second-order valence-corrected chi connectivity index (χ2v) is 6.18. The molecule has 120 valence electrons. The number of nitrogens with zero attached hydrogens (tertiary/aromatic N) is 5. The summed E-state index contributed by atoms with van der Waals surface area (Å²) in [5.41, 5.74) is 8.51. The Hall–Kier alpha value is -2.35. The highest BCUT2D eigenvalue weighted by atomic mass is 32.1. The van der Waals surface area contributed by atoms with Crippen molar-refractivity contribution in [3.05, 3.63) is 45.9 Å². The summed E-state index contributed by atoms with van der Waals surface area (Å²) in [5, 5.41) is 0. The molecule has 0 fully saturated rings. The molecule has 0 saturated carbocycles. The molecule has 0 bridgehead atoms. The van der Waals surface area contributed by atoms with Crippen molar-refractivity contribution in [3.8, 4) is 0 Å². The number of rotatable bonds is 3. The number of thiol groups is 1. The Bertz CT molecular complexity index is 943. The first kappa shape index (κ1) is 15.5. The quantitative estimate of drug-likeness (QED) is 0.714. The second-order valence-electron chi connectivity index (χ2n) is 5.78. The molecule has 0 spiro atoms. The predicted octanol–water partition coefficient (Wildman–Crippen LogP) is 1.74. The van der Waals surface area contributed by atoms with Gasteiger partial charge in [0.15, 0.2) is 11.5 Å². The van der Waals surface area contributed by atoms with Crippen LogP contribution < -0.4 is 11.4 Å². The first-order valence-electron chi connectivity index (χ1n) is 7.28. The fourth-order valence-electron chi connectivity index (χ4n) is 2.46. The third-order valence-corrected chi connectivity index (χ3v) is 3.98. The van der Waals surface area contributed by atoms with Crippen molar-refractivity contribution in [1.82, 2.24) is 23.5 Å². The lowest BCUT2D eigenvalue weighted by atomic mass is 10.2. The van der Waals surface area contributed by atoms with Gasteiger partial charge in [-0.15, -0.1) is 0 Å². The maximum Gasteiger partial charge on any atom is 0.340 e. The number of fused-ring (bicyclic) bond motifs is 1. The van der Waals surface area contributed by atoms with Crippen LogP contribution in [0.2, 0.25) is 0 Å². The summed E-state index contributed by atoms with van der Waals surface area (Å²) in [7, 11) is 0. The molecule has 0 unspecified atom stereocenters. The van der Waals surface area contributed by atoms with Gasteiger partial charge < -0.3 is 5.73 Å². The van der Waals surface area contributed by atoms with E-state index in [1.807, 2.05) is 32.9 Å². The molecule has 0 amide bonds. The van der Waals surface area contributed by atoms with Gasteiger partial charge in [0.2, 0.25) is 0 Å². The molecule has 3 heterocycles. The van der Waals surface area contributed by atoms with Gasteiger partial charge >= 0.3 is 5.69 Å². The highest BCUT2D eigenvalue weighted by Gasteiger charge is 2.19. The van der Waals surface area contributed by atoms with Crippen LogP contribution in [0.4, 0.5) is 5.82 Å². The molecule has 3 aromatic heterocycles. The Balaban J connectivity index is 2.23. The normalized spacial score (nSPS) is 11.5. The average Bonchev–Trinajstić information content (AvgIpc) is 2.72. The molecule has 0 aliphatic rings. The standard InChI is InChI=1S/C15H18N6OS/c1-8(2)13-18-12(16)11-14(19-13)20(15(22)21(11)23)7-10-4-5-17-9(3)6-10/h4-6,8,23H,7H2,1-3H3,(H2,16,18,19). The van der Waals surface area contributed by atoms with E-state index < -0.39 is 0 Å². The van der Waals surface area contributed by atoms with Crippen LogP contribution in [0.5, 0.6) is 0 Å². The van der Waals surface area contributed by atoms with Crippen LogP contribution in [0.25, 0.3) is 11.2 Å². The second kappa shape index (κ2) is 5.69. The molecule has 0 saturated heterocycles. The summed E-state index contributed by atoms with van der Waals surface area (Å²) in [4.78, 5) is 25.5. The van der Waals surface area contributed by atoms with Gasteiger partial charge in [-0.3, -0.25) is 9.55 Å². The predicted molar refractivity (Wildman–Crippen MR) is 92.7 cm³/mol. The fraction of sp³-hybridized carbons (Fsp3) is 0.333. The van der Waals surface area contributed by atoms with Crippen LogP contribution >= 0.6 is 12.8 Å². The minimum Gasteiger partial charge on any atom is -0.382 e. The third kappa shape index (κ3) is 2.70. The van der Waals surface area contributed by atoms with Crippen LogP contribution in [0.1, 0.15) is 36.8 Å². The molecule has 0 atom stereocenters. The minimum absolute atomic E-state index is 0.108. The van der Waals surface area contributed by atoms with E-state index in [0.717, 1.165) is 11.3 Å². The number of imidazole rings is 1. The number of hydrogen-bond donors (Lipinski definition) is 2. The highest BCUT2D eigenvalue weighted by molar-refractivity contribution is 7.78. The van der Waals surface area contributed by atoms with Gasteiger partial charge in [-0.2, -0.15) is 0 Å². The topological polar surface area (TPSA) is 91.6 Å². The van der Waals surface area contributed by atoms with E-state index in [1.165, 1.54) is 3.97 Å². The van der Waals surface area contributed by atoms with Gasteiger partial charge in [-0.05, 0) is 24.6 Å².